The number of aromatic amines is 1. The molecule has 72 valence electrons. The Balaban J connectivity index is 2.48. The molecule has 1 heterocycles. The Morgan fingerprint density at radius 1 is 1.77 bits per heavy atom. The van der Waals surface area contributed by atoms with Crippen molar-refractivity contribution in [3.63, 3.8) is 0 Å². The van der Waals surface area contributed by atoms with Gasteiger partial charge in [0.1, 0.15) is 0 Å². The Kier molecular flexibility index (Phi) is 3.84. The number of tetrazole rings is 1. The summed E-state index contributed by atoms with van der Waals surface area (Å²) in [5.41, 5.74) is 5.61. The van der Waals surface area contributed by atoms with Crippen LogP contribution in [0.3, 0.4) is 0 Å². The van der Waals surface area contributed by atoms with Gasteiger partial charge in [0.05, 0.1) is 6.04 Å². The van der Waals surface area contributed by atoms with Crippen LogP contribution in [-0.4, -0.2) is 44.5 Å². The van der Waals surface area contributed by atoms with Crippen LogP contribution in [0.1, 0.15) is 17.0 Å². The molecule has 0 radical (unpaired) electrons. The van der Waals surface area contributed by atoms with Crippen molar-refractivity contribution in [3.05, 3.63) is 5.82 Å². The number of hydrogen-bond donors (Lipinski definition) is 2. The topological polar surface area (TPSA) is 97.5 Å². The Morgan fingerprint density at radius 2 is 2.54 bits per heavy atom. The number of ketones is 1. The van der Waals surface area contributed by atoms with Crippen LogP contribution >= 0.6 is 11.8 Å². The van der Waals surface area contributed by atoms with Crippen molar-refractivity contribution in [1.82, 2.24) is 20.6 Å². The summed E-state index contributed by atoms with van der Waals surface area (Å²) in [5, 5.41) is 12.6. The van der Waals surface area contributed by atoms with Crippen molar-refractivity contribution in [1.29, 1.82) is 0 Å². The minimum Gasteiger partial charge on any atom is -0.321 e. The minimum absolute atomic E-state index is 0.0635. The van der Waals surface area contributed by atoms with Crippen LogP contribution in [0.2, 0.25) is 0 Å². The lowest BCUT2D eigenvalue weighted by Gasteiger charge is -2.05. The quantitative estimate of drug-likeness (QED) is 0.621. The molecule has 0 saturated carbocycles. The van der Waals surface area contributed by atoms with Crippen LogP contribution in [0.5, 0.6) is 0 Å². The smallest absolute Gasteiger partial charge is 0.241 e. The first-order valence-electron chi connectivity index (χ1n) is 3.78. The maximum atomic E-state index is 11.4. The first-order valence-corrected chi connectivity index (χ1v) is 5.17. The largest absolute Gasteiger partial charge is 0.321 e. The van der Waals surface area contributed by atoms with E-state index in [0.29, 0.717) is 6.42 Å². The first-order chi connectivity index (χ1) is 6.25. The number of rotatable bonds is 5. The van der Waals surface area contributed by atoms with Gasteiger partial charge in [-0.2, -0.15) is 17.0 Å². The molecule has 3 N–H and O–H groups in total. The molecule has 0 aliphatic rings. The van der Waals surface area contributed by atoms with Crippen LogP contribution in [0.4, 0.5) is 0 Å². The number of carbonyl (C=O) groups is 1. The molecule has 1 aromatic rings. The molecule has 6 nitrogen and oxygen atoms in total. The highest BCUT2D eigenvalue weighted by molar-refractivity contribution is 7.98. The molecular weight excluding hydrogens is 190 g/mol. The molecule has 0 unspecified atom stereocenters. The molecule has 0 fully saturated rings. The van der Waals surface area contributed by atoms with Gasteiger partial charge in [0.15, 0.2) is 0 Å². The zero-order chi connectivity index (χ0) is 9.68. The van der Waals surface area contributed by atoms with E-state index < -0.39 is 6.04 Å². The summed E-state index contributed by atoms with van der Waals surface area (Å²) < 4.78 is 0. The summed E-state index contributed by atoms with van der Waals surface area (Å²) in [5.74, 6) is 0.654. The highest BCUT2D eigenvalue weighted by Gasteiger charge is 2.18. The Bertz CT molecular complexity index is 262. The fraction of sp³-hybridized carbons (Fsp3) is 0.667. The van der Waals surface area contributed by atoms with Crippen LogP contribution in [-0.2, 0) is 0 Å². The highest BCUT2D eigenvalue weighted by atomic mass is 32.2. The number of thioether (sulfide) groups is 1. The number of aromatic nitrogens is 4. The second kappa shape index (κ2) is 4.93. The third-order valence-corrected chi connectivity index (χ3v) is 2.18. The van der Waals surface area contributed by atoms with Gasteiger partial charge in [-0.15, -0.1) is 10.2 Å². The van der Waals surface area contributed by atoms with Crippen LogP contribution in [0.15, 0.2) is 0 Å². The molecule has 1 atom stereocenters. The Morgan fingerprint density at radius 3 is 3.08 bits per heavy atom. The van der Waals surface area contributed by atoms with Crippen molar-refractivity contribution in [2.24, 2.45) is 5.73 Å². The van der Waals surface area contributed by atoms with Gasteiger partial charge >= 0.3 is 0 Å². The number of carbonyl (C=O) groups excluding carboxylic acids is 1. The lowest BCUT2D eigenvalue weighted by molar-refractivity contribution is 0.0949. The SMILES string of the molecule is CSCC[C@H](N)C(=O)c1nn[nH]n1. The lowest BCUT2D eigenvalue weighted by Crippen LogP contribution is -2.31. The maximum Gasteiger partial charge on any atom is 0.241 e. The predicted octanol–water partition coefficient (Wildman–Crippen LogP) is -0.537. The number of H-pyrrole nitrogens is 1. The summed E-state index contributed by atoms with van der Waals surface area (Å²) >= 11 is 1.65. The molecule has 0 amide bonds. The fourth-order valence-electron chi connectivity index (χ4n) is 0.808. The van der Waals surface area contributed by atoms with Gasteiger partial charge in [-0.05, 0) is 23.6 Å². The number of hydrogen-bond acceptors (Lipinski definition) is 6. The predicted molar refractivity (Wildman–Crippen MR) is 49.5 cm³/mol. The second-order valence-electron chi connectivity index (χ2n) is 2.49. The molecule has 0 spiro atoms. The molecule has 1 rings (SSSR count). The first kappa shape index (κ1) is 10.1. The van der Waals surface area contributed by atoms with Gasteiger partial charge in [0.25, 0.3) is 0 Å². The minimum atomic E-state index is -0.523. The van der Waals surface area contributed by atoms with E-state index >= 15 is 0 Å². The van der Waals surface area contributed by atoms with Gasteiger partial charge in [0.2, 0.25) is 11.6 Å². The van der Waals surface area contributed by atoms with Gasteiger partial charge in [-0.1, -0.05) is 0 Å². The normalized spacial score (nSPS) is 12.8. The van der Waals surface area contributed by atoms with Crippen LogP contribution in [0.25, 0.3) is 0 Å². The lowest BCUT2D eigenvalue weighted by atomic mass is 10.1. The van der Waals surface area contributed by atoms with Crippen LogP contribution < -0.4 is 5.73 Å². The number of nitrogens with two attached hydrogens (primary N) is 1. The third-order valence-electron chi connectivity index (χ3n) is 1.54. The summed E-state index contributed by atoms with van der Waals surface area (Å²) in [6, 6.07) is -0.523. The number of Topliss-reactive ketones (excluding diaryl/α,β-unsaturated/α-hetero) is 1. The molecule has 0 bridgehead atoms. The molecule has 7 heteroatoms. The van der Waals surface area contributed by atoms with E-state index in [1.807, 2.05) is 6.26 Å². The van der Waals surface area contributed by atoms with E-state index in [4.69, 9.17) is 5.73 Å². The zero-order valence-corrected chi connectivity index (χ0v) is 8.04. The van der Waals surface area contributed by atoms with Crippen molar-refractivity contribution >= 4 is 17.5 Å². The van der Waals surface area contributed by atoms with Crippen molar-refractivity contribution in [2.45, 2.75) is 12.5 Å². The highest BCUT2D eigenvalue weighted by Crippen LogP contribution is 2.02. The van der Waals surface area contributed by atoms with Gasteiger partial charge in [-0.25, -0.2) is 0 Å². The average molecular weight is 201 g/mol. The fourth-order valence-corrected chi connectivity index (χ4v) is 1.30. The molecule has 0 aliphatic heterocycles. The third kappa shape index (κ3) is 2.78. The van der Waals surface area contributed by atoms with E-state index in [2.05, 4.69) is 20.6 Å². The number of nitrogens with zero attached hydrogens (tertiary/aromatic N) is 3. The molecule has 0 aromatic carbocycles. The summed E-state index contributed by atoms with van der Waals surface area (Å²) in [6.45, 7) is 0. The van der Waals surface area contributed by atoms with E-state index in [1.54, 1.807) is 11.8 Å². The zero-order valence-electron chi connectivity index (χ0n) is 7.23. The molecule has 0 saturated heterocycles. The van der Waals surface area contributed by atoms with Crippen molar-refractivity contribution in [2.75, 3.05) is 12.0 Å². The standard InChI is InChI=1S/C6H11N5OS/c1-13-3-2-4(7)5(12)6-8-10-11-9-6/h4H,2-3,7H2,1H3,(H,8,9,10,11)/t4-/m0/s1. The molecule has 0 aliphatic carbocycles. The van der Waals surface area contributed by atoms with Gasteiger partial charge in [-0.3, -0.25) is 4.79 Å². The Labute approximate surface area is 79.7 Å². The Hall–Kier alpha value is -0.950. The monoisotopic (exact) mass is 201 g/mol. The molecule has 13 heavy (non-hydrogen) atoms. The summed E-state index contributed by atoms with van der Waals surface area (Å²) in [4.78, 5) is 11.4. The molecular formula is C6H11N5OS. The van der Waals surface area contributed by atoms with Crippen molar-refractivity contribution in [3.8, 4) is 0 Å². The number of nitrogens with one attached hydrogen (secondary N) is 1. The van der Waals surface area contributed by atoms with E-state index in [0.717, 1.165) is 5.75 Å². The second-order valence-corrected chi connectivity index (χ2v) is 3.47. The summed E-state index contributed by atoms with van der Waals surface area (Å²) in [6.07, 6.45) is 2.60. The summed E-state index contributed by atoms with van der Waals surface area (Å²) in [7, 11) is 0. The van der Waals surface area contributed by atoms with E-state index in [9.17, 15) is 4.79 Å². The average Bonchev–Trinajstić information content (AvgIpc) is 2.65. The maximum absolute atomic E-state index is 11.4. The van der Waals surface area contributed by atoms with E-state index in [1.165, 1.54) is 0 Å². The molecule has 1 aromatic heterocycles. The van der Waals surface area contributed by atoms with E-state index in [-0.39, 0.29) is 11.6 Å². The van der Waals surface area contributed by atoms with Gasteiger partial charge < -0.3 is 5.73 Å². The van der Waals surface area contributed by atoms with Crippen LogP contribution in [0, 0.1) is 0 Å². The van der Waals surface area contributed by atoms with Crippen molar-refractivity contribution < 1.29 is 4.79 Å². The van der Waals surface area contributed by atoms with Gasteiger partial charge in [0, 0.05) is 0 Å².